The van der Waals surface area contributed by atoms with E-state index >= 15 is 0 Å². The number of piperidine rings is 1. The van der Waals surface area contributed by atoms with Gasteiger partial charge in [0.2, 0.25) is 0 Å². The van der Waals surface area contributed by atoms with Crippen LogP contribution in [0.15, 0.2) is 29.3 Å². The average molecular weight is 329 g/mol. The van der Waals surface area contributed by atoms with Gasteiger partial charge in [-0.25, -0.2) is 9.79 Å². The van der Waals surface area contributed by atoms with Crippen LogP contribution in [0.4, 0.5) is 10.5 Å². The number of nitrogens with one attached hydrogen (secondary N) is 1. The number of para-hydroxylation sites is 1. The molecule has 6 heteroatoms. The average Bonchev–Trinajstić information content (AvgIpc) is 2.52. The summed E-state index contributed by atoms with van der Waals surface area (Å²) < 4.78 is 5.50. The normalized spacial score (nSPS) is 20.8. The van der Waals surface area contributed by atoms with Gasteiger partial charge < -0.3 is 10.1 Å². The van der Waals surface area contributed by atoms with E-state index in [4.69, 9.17) is 4.74 Å². The molecule has 1 aromatic rings. The Morgan fingerprint density at radius 1 is 1.33 bits per heavy atom. The smallest absolute Gasteiger partial charge is 0.410 e. The van der Waals surface area contributed by atoms with E-state index in [0.29, 0.717) is 25.3 Å². The monoisotopic (exact) mass is 329 g/mol. The lowest BCUT2D eigenvalue weighted by molar-refractivity contribution is -0.122. The van der Waals surface area contributed by atoms with Crippen LogP contribution in [-0.4, -0.2) is 40.8 Å². The molecule has 128 valence electrons. The molecule has 1 unspecified atom stereocenters. The largest absolute Gasteiger partial charge is 0.444 e. The number of ether oxygens (including phenoxy) is 1. The standard InChI is InChI=1S/C18H23N3O3/c1-18(2,3)24-17(23)21-9-8-13(22)10-15(21)16-19-11-12-6-4-5-7-14(12)20-16/h4-7,15H,8-11H2,1-3H3,(H,19,20). The van der Waals surface area contributed by atoms with Gasteiger partial charge in [0.1, 0.15) is 17.2 Å². The van der Waals surface area contributed by atoms with Gasteiger partial charge in [0.15, 0.2) is 0 Å². The molecule has 1 N–H and O–H groups in total. The lowest BCUT2D eigenvalue weighted by atomic mass is 9.99. The van der Waals surface area contributed by atoms with Gasteiger partial charge >= 0.3 is 6.09 Å². The van der Waals surface area contributed by atoms with Crippen LogP contribution in [0.1, 0.15) is 39.2 Å². The van der Waals surface area contributed by atoms with Gasteiger partial charge in [-0.05, 0) is 32.4 Å². The van der Waals surface area contributed by atoms with Crippen LogP contribution in [0.5, 0.6) is 0 Å². The number of rotatable bonds is 1. The fourth-order valence-corrected chi connectivity index (χ4v) is 2.93. The first-order chi connectivity index (χ1) is 11.3. The fraction of sp³-hybridized carbons (Fsp3) is 0.500. The molecule has 1 atom stereocenters. The van der Waals surface area contributed by atoms with Gasteiger partial charge in [0.25, 0.3) is 0 Å². The molecule has 0 saturated carbocycles. The highest BCUT2D eigenvalue weighted by Gasteiger charge is 2.37. The maximum atomic E-state index is 12.5. The van der Waals surface area contributed by atoms with E-state index in [1.54, 1.807) is 4.90 Å². The maximum Gasteiger partial charge on any atom is 0.410 e. The zero-order valence-corrected chi connectivity index (χ0v) is 14.3. The van der Waals surface area contributed by atoms with Gasteiger partial charge in [-0.2, -0.15) is 0 Å². The van der Waals surface area contributed by atoms with Crippen molar-refractivity contribution in [1.29, 1.82) is 0 Å². The molecule has 1 aromatic carbocycles. The van der Waals surface area contributed by atoms with E-state index in [2.05, 4.69) is 10.3 Å². The van der Waals surface area contributed by atoms with Crippen molar-refractivity contribution in [3.8, 4) is 0 Å². The Bertz CT molecular complexity index is 691. The summed E-state index contributed by atoms with van der Waals surface area (Å²) in [6.45, 7) is 6.51. The van der Waals surface area contributed by atoms with Crippen molar-refractivity contribution in [2.24, 2.45) is 4.99 Å². The van der Waals surface area contributed by atoms with Crippen LogP contribution in [0, 0.1) is 0 Å². The molecule has 24 heavy (non-hydrogen) atoms. The highest BCUT2D eigenvalue weighted by atomic mass is 16.6. The Balaban J connectivity index is 1.87. The third-order valence-electron chi connectivity index (χ3n) is 4.06. The minimum Gasteiger partial charge on any atom is -0.444 e. The maximum absolute atomic E-state index is 12.5. The van der Waals surface area contributed by atoms with Crippen LogP contribution < -0.4 is 5.32 Å². The van der Waals surface area contributed by atoms with Crippen LogP contribution >= 0.6 is 0 Å². The number of hydrogen-bond acceptors (Lipinski definition) is 5. The summed E-state index contributed by atoms with van der Waals surface area (Å²) >= 11 is 0. The summed E-state index contributed by atoms with van der Waals surface area (Å²) in [6, 6.07) is 7.47. The van der Waals surface area contributed by atoms with Crippen LogP contribution in [0.3, 0.4) is 0 Å². The minimum atomic E-state index is -0.572. The van der Waals surface area contributed by atoms with E-state index in [0.717, 1.165) is 11.3 Å². The Kier molecular flexibility index (Phi) is 4.30. The Hall–Kier alpha value is -2.37. The van der Waals surface area contributed by atoms with E-state index < -0.39 is 17.7 Å². The van der Waals surface area contributed by atoms with E-state index in [1.165, 1.54) is 0 Å². The number of carbonyl (C=O) groups is 2. The molecule has 6 nitrogen and oxygen atoms in total. The van der Waals surface area contributed by atoms with Crippen molar-refractivity contribution in [3.63, 3.8) is 0 Å². The lowest BCUT2D eigenvalue weighted by Gasteiger charge is -2.37. The molecule has 1 saturated heterocycles. The predicted octanol–water partition coefficient (Wildman–Crippen LogP) is 2.79. The van der Waals surface area contributed by atoms with Crippen molar-refractivity contribution in [3.05, 3.63) is 29.8 Å². The van der Waals surface area contributed by atoms with Crippen LogP contribution in [0.2, 0.25) is 0 Å². The molecular formula is C18H23N3O3. The number of aliphatic imine (C=N–C) groups is 1. The molecule has 0 aromatic heterocycles. The minimum absolute atomic E-state index is 0.142. The molecule has 3 rings (SSSR count). The fourth-order valence-electron chi connectivity index (χ4n) is 2.93. The van der Waals surface area contributed by atoms with Crippen molar-refractivity contribution in [1.82, 2.24) is 10.2 Å². The number of ketones is 1. The highest BCUT2D eigenvalue weighted by molar-refractivity contribution is 5.98. The van der Waals surface area contributed by atoms with E-state index in [-0.39, 0.29) is 12.2 Å². The van der Waals surface area contributed by atoms with Crippen molar-refractivity contribution in [2.45, 2.75) is 51.8 Å². The summed E-state index contributed by atoms with van der Waals surface area (Å²) in [6.07, 6.45) is 0.232. The summed E-state index contributed by atoms with van der Waals surface area (Å²) in [5, 5.41) is 3.26. The highest BCUT2D eigenvalue weighted by Crippen LogP contribution is 2.26. The number of carbonyl (C=O) groups excluding carboxylic acids is 2. The summed E-state index contributed by atoms with van der Waals surface area (Å²) in [4.78, 5) is 30.7. The van der Waals surface area contributed by atoms with Crippen LogP contribution in [-0.2, 0) is 16.1 Å². The first-order valence-corrected chi connectivity index (χ1v) is 8.25. The molecule has 2 aliphatic heterocycles. The molecule has 0 spiro atoms. The Labute approximate surface area is 141 Å². The number of hydrogen-bond donors (Lipinski definition) is 1. The second kappa shape index (κ2) is 6.26. The third-order valence-corrected chi connectivity index (χ3v) is 4.06. The zero-order chi connectivity index (χ0) is 17.3. The molecule has 2 heterocycles. The molecular weight excluding hydrogens is 306 g/mol. The molecule has 1 fully saturated rings. The second-order valence-corrected chi connectivity index (χ2v) is 7.16. The van der Waals surface area contributed by atoms with E-state index in [9.17, 15) is 9.59 Å². The van der Waals surface area contributed by atoms with Gasteiger partial charge in [0, 0.05) is 25.9 Å². The topological polar surface area (TPSA) is 71.0 Å². The number of amidine groups is 1. The number of Topliss-reactive ketones (excluding diaryl/α,β-unsaturated/α-hetero) is 1. The molecule has 2 aliphatic rings. The third kappa shape index (κ3) is 3.58. The van der Waals surface area contributed by atoms with Crippen molar-refractivity contribution >= 4 is 23.4 Å². The van der Waals surface area contributed by atoms with Gasteiger partial charge in [-0.15, -0.1) is 0 Å². The summed E-state index contributed by atoms with van der Waals surface area (Å²) in [5.74, 6) is 0.802. The van der Waals surface area contributed by atoms with Crippen molar-refractivity contribution < 1.29 is 14.3 Å². The summed E-state index contributed by atoms with van der Waals surface area (Å²) in [5.41, 5.74) is 1.41. The van der Waals surface area contributed by atoms with Crippen molar-refractivity contribution in [2.75, 3.05) is 6.54 Å². The molecule has 0 radical (unpaired) electrons. The Morgan fingerprint density at radius 2 is 2.08 bits per heavy atom. The molecule has 1 amide bonds. The number of benzene rings is 1. The number of amides is 1. The first kappa shape index (κ1) is 16.5. The quantitative estimate of drug-likeness (QED) is 0.860. The Morgan fingerprint density at radius 3 is 2.83 bits per heavy atom. The first-order valence-electron chi connectivity index (χ1n) is 8.25. The lowest BCUT2D eigenvalue weighted by Crippen LogP contribution is -2.55. The van der Waals surface area contributed by atoms with Gasteiger partial charge in [-0.1, -0.05) is 18.2 Å². The molecule has 0 bridgehead atoms. The summed E-state index contributed by atoms with van der Waals surface area (Å²) in [7, 11) is 0. The number of likely N-dealkylation sites (tertiary alicyclic amines) is 1. The molecule has 0 aliphatic carbocycles. The predicted molar refractivity (Wildman–Crippen MR) is 91.3 cm³/mol. The SMILES string of the molecule is CC(C)(C)OC(=O)N1CCC(=O)CC1C1=Nc2ccccc2CN1. The van der Waals surface area contributed by atoms with Gasteiger partial charge in [-0.3, -0.25) is 9.69 Å². The van der Waals surface area contributed by atoms with Crippen LogP contribution in [0.25, 0.3) is 0 Å². The zero-order valence-electron chi connectivity index (χ0n) is 14.3. The number of fused-ring (bicyclic) bond motifs is 1. The second-order valence-electron chi connectivity index (χ2n) is 7.16. The van der Waals surface area contributed by atoms with E-state index in [1.807, 2.05) is 45.0 Å². The number of nitrogens with zero attached hydrogens (tertiary/aromatic N) is 2. The van der Waals surface area contributed by atoms with Gasteiger partial charge in [0.05, 0.1) is 11.7 Å².